The van der Waals surface area contributed by atoms with E-state index < -0.39 is 0 Å². The van der Waals surface area contributed by atoms with Crippen molar-refractivity contribution in [2.75, 3.05) is 38.2 Å². The van der Waals surface area contributed by atoms with Gasteiger partial charge in [0.25, 0.3) is 0 Å². The highest BCUT2D eigenvalue weighted by Crippen LogP contribution is 2.17. The number of nitrogens with one attached hydrogen (secondary N) is 2. The predicted octanol–water partition coefficient (Wildman–Crippen LogP) is 2.34. The molecule has 6 heteroatoms. The van der Waals surface area contributed by atoms with Gasteiger partial charge in [0, 0.05) is 45.1 Å². The summed E-state index contributed by atoms with van der Waals surface area (Å²) in [5.74, 6) is 0.440. The number of anilines is 1. The minimum atomic E-state index is -0.153. The van der Waals surface area contributed by atoms with E-state index in [1.807, 2.05) is 13.0 Å². The molecule has 0 radical (unpaired) electrons. The molecule has 0 bridgehead atoms. The Labute approximate surface area is 138 Å². The zero-order valence-corrected chi connectivity index (χ0v) is 14.1. The average Bonchev–Trinajstić information content (AvgIpc) is 2.55. The number of carbonyl (C=O) groups excluding carboxylic acids is 1. The minimum Gasteiger partial charge on any atom is -0.382 e. The van der Waals surface area contributed by atoms with Gasteiger partial charge in [0.05, 0.1) is 11.9 Å². The summed E-state index contributed by atoms with van der Waals surface area (Å²) in [6, 6.07) is 3.70. The van der Waals surface area contributed by atoms with E-state index in [1.54, 1.807) is 18.5 Å². The number of hydrogen-bond donors (Lipinski definition) is 2. The van der Waals surface area contributed by atoms with Gasteiger partial charge in [0.2, 0.25) is 0 Å². The molecule has 1 aromatic heterocycles. The third-order valence-corrected chi connectivity index (χ3v) is 4.19. The van der Waals surface area contributed by atoms with E-state index >= 15 is 0 Å². The molecule has 0 aromatic carbocycles. The summed E-state index contributed by atoms with van der Waals surface area (Å²) in [5.41, 5.74) is 0.714. The van der Waals surface area contributed by atoms with E-state index in [1.165, 1.54) is 0 Å². The van der Waals surface area contributed by atoms with E-state index in [0.29, 0.717) is 11.6 Å². The molecule has 23 heavy (non-hydrogen) atoms. The first-order valence-corrected chi connectivity index (χ1v) is 8.46. The van der Waals surface area contributed by atoms with Crippen molar-refractivity contribution >= 4 is 11.7 Å². The number of ether oxygens (including phenoxy) is 1. The Morgan fingerprint density at radius 3 is 3.09 bits per heavy atom. The van der Waals surface area contributed by atoms with E-state index in [9.17, 15) is 4.79 Å². The molecule has 0 saturated carbocycles. The highest BCUT2D eigenvalue weighted by atomic mass is 16.5. The lowest BCUT2D eigenvalue weighted by atomic mass is 9.94. The van der Waals surface area contributed by atoms with Crippen LogP contribution in [0.1, 0.15) is 26.7 Å². The predicted molar refractivity (Wildman–Crippen MR) is 91.5 cm³/mol. The van der Waals surface area contributed by atoms with Crippen molar-refractivity contribution in [2.24, 2.45) is 5.92 Å². The van der Waals surface area contributed by atoms with Gasteiger partial charge in [0.15, 0.2) is 0 Å². The summed E-state index contributed by atoms with van der Waals surface area (Å²) in [5, 5.41) is 5.91. The largest absolute Gasteiger partial charge is 0.382 e. The maximum absolute atomic E-state index is 12.1. The maximum Gasteiger partial charge on any atom is 0.319 e. The SMILES string of the molecule is CCOCCCN1CC[C@@H](NC(=O)Nc2cccnc2)[C@@H](C)C1. The molecule has 1 saturated heterocycles. The van der Waals surface area contributed by atoms with Crippen LogP contribution in [0.3, 0.4) is 0 Å². The van der Waals surface area contributed by atoms with Crippen molar-refractivity contribution in [2.45, 2.75) is 32.7 Å². The Hall–Kier alpha value is -1.66. The second-order valence-electron chi connectivity index (χ2n) is 6.06. The van der Waals surface area contributed by atoms with Gasteiger partial charge in [-0.25, -0.2) is 4.79 Å². The smallest absolute Gasteiger partial charge is 0.319 e. The van der Waals surface area contributed by atoms with Crippen LogP contribution in [0.25, 0.3) is 0 Å². The fourth-order valence-corrected chi connectivity index (χ4v) is 2.96. The summed E-state index contributed by atoms with van der Waals surface area (Å²) in [6.45, 7) is 8.95. The lowest BCUT2D eigenvalue weighted by Gasteiger charge is -2.37. The van der Waals surface area contributed by atoms with Gasteiger partial charge < -0.3 is 20.3 Å². The molecule has 2 N–H and O–H groups in total. The van der Waals surface area contributed by atoms with Crippen LogP contribution in [0.4, 0.5) is 10.5 Å². The summed E-state index contributed by atoms with van der Waals surface area (Å²) in [4.78, 5) is 18.5. The topological polar surface area (TPSA) is 66.5 Å². The molecule has 1 fully saturated rings. The Kier molecular flexibility index (Phi) is 7.29. The Balaban J connectivity index is 1.70. The second-order valence-corrected chi connectivity index (χ2v) is 6.06. The fourth-order valence-electron chi connectivity index (χ4n) is 2.96. The van der Waals surface area contributed by atoms with E-state index in [4.69, 9.17) is 4.74 Å². The molecule has 1 aromatic rings. The number of hydrogen-bond acceptors (Lipinski definition) is 4. The molecule has 1 aliphatic rings. The number of carbonyl (C=O) groups is 1. The molecule has 2 rings (SSSR count). The molecule has 2 amide bonds. The van der Waals surface area contributed by atoms with Crippen molar-refractivity contribution < 1.29 is 9.53 Å². The first-order chi connectivity index (χ1) is 11.2. The van der Waals surface area contributed by atoms with Crippen LogP contribution in [0, 0.1) is 5.92 Å². The Morgan fingerprint density at radius 1 is 1.52 bits per heavy atom. The van der Waals surface area contributed by atoms with Crippen molar-refractivity contribution in [3.05, 3.63) is 24.5 Å². The molecule has 2 heterocycles. The number of pyridine rings is 1. The lowest BCUT2D eigenvalue weighted by molar-refractivity contribution is 0.111. The second kappa shape index (κ2) is 9.47. The van der Waals surface area contributed by atoms with Gasteiger partial charge in [-0.3, -0.25) is 4.98 Å². The number of likely N-dealkylation sites (tertiary alicyclic amines) is 1. The molecular weight excluding hydrogens is 292 g/mol. The number of nitrogens with zero attached hydrogens (tertiary/aromatic N) is 2. The van der Waals surface area contributed by atoms with Gasteiger partial charge in [-0.05, 0) is 37.8 Å². The molecule has 1 aliphatic heterocycles. The third-order valence-electron chi connectivity index (χ3n) is 4.19. The van der Waals surface area contributed by atoms with E-state index in [0.717, 1.165) is 45.7 Å². The molecule has 0 spiro atoms. The summed E-state index contributed by atoms with van der Waals surface area (Å²) in [6.07, 6.45) is 5.38. The monoisotopic (exact) mass is 320 g/mol. The van der Waals surface area contributed by atoms with E-state index in [-0.39, 0.29) is 12.1 Å². The number of rotatable bonds is 7. The average molecular weight is 320 g/mol. The molecular formula is C17H28N4O2. The number of aromatic nitrogens is 1. The van der Waals surface area contributed by atoms with Crippen LogP contribution in [-0.2, 0) is 4.74 Å². The number of urea groups is 1. The van der Waals surface area contributed by atoms with Gasteiger partial charge >= 0.3 is 6.03 Å². The molecule has 128 valence electrons. The summed E-state index contributed by atoms with van der Waals surface area (Å²) >= 11 is 0. The first-order valence-electron chi connectivity index (χ1n) is 8.46. The van der Waals surface area contributed by atoms with Crippen LogP contribution in [0.5, 0.6) is 0 Å². The van der Waals surface area contributed by atoms with Gasteiger partial charge in [0.1, 0.15) is 0 Å². The van der Waals surface area contributed by atoms with Crippen molar-refractivity contribution in [1.29, 1.82) is 0 Å². The van der Waals surface area contributed by atoms with Crippen LogP contribution in [0.15, 0.2) is 24.5 Å². The normalized spacial score (nSPS) is 21.8. The Bertz CT molecular complexity index is 469. The minimum absolute atomic E-state index is 0.153. The third kappa shape index (κ3) is 6.15. The van der Waals surface area contributed by atoms with Crippen LogP contribution >= 0.6 is 0 Å². The molecule has 6 nitrogen and oxygen atoms in total. The number of amides is 2. The summed E-state index contributed by atoms with van der Waals surface area (Å²) in [7, 11) is 0. The standard InChI is InChI=1S/C17H28N4O2/c1-3-23-11-5-9-21-10-7-16(14(2)13-21)20-17(22)19-15-6-4-8-18-12-15/h4,6,8,12,14,16H,3,5,7,9-11,13H2,1-2H3,(H2,19,20,22)/t14-,16+/m0/s1. The van der Waals surface area contributed by atoms with Gasteiger partial charge in [-0.2, -0.15) is 0 Å². The fraction of sp³-hybridized carbons (Fsp3) is 0.647. The molecule has 2 atom stereocenters. The van der Waals surface area contributed by atoms with Crippen LogP contribution in [-0.4, -0.2) is 54.8 Å². The van der Waals surface area contributed by atoms with Crippen LogP contribution < -0.4 is 10.6 Å². The van der Waals surface area contributed by atoms with Crippen molar-refractivity contribution in [3.8, 4) is 0 Å². The zero-order valence-electron chi connectivity index (χ0n) is 14.1. The highest BCUT2D eigenvalue weighted by Gasteiger charge is 2.26. The zero-order chi connectivity index (χ0) is 16.5. The summed E-state index contributed by atoms with van der Waals surface area (Å²) < 4.78 is 5.38. The first kappa shape index (κ1) is 17.7. The molecule has 0 unspecified atom stereocenters. The van der Waals surface area contributed by atoms with Gasteiger partial charge in [-0.15, -0.1) is 0 Å². The quantitative estimate of drug-likeness (QED) is 0.757. The maximum atomic E-state index is 12.1. The van der Waals surface area contributed by atoms with Crippen molar-refractivity contribution in [3.63, 3.8) is 0 Å². The molecule has 0 aliphatic carbocycles. The number of piperidine rings is 1. The van der Waals surface area contributed by atoms with Crippen molar-refractivity contribution in [1.82, 2.24) is 15.2 Å². The Morgan fingerprint density at radius 2 is 2.39 bits per heavy atom. The highest BCUT2D eigenvalue weighted by molar-refractivity contribution is 5.89. The van der Waals surface area contributed by atoms with Crippen LogP contribution in [0.2, 0.25) is 0 Å². The van der Waals surface area contributed by atoms with Gasteiger partial charge in [-0.1, -0.05) is 6.92 Å². The lowest BCUT2D eigenvalue weighted by Crippen LogP contribution is -2.51. The van der Waals surface area contributed by atoms with E-state index in [2.05, 4.69) is 27.4 Å².